The lowest BCUT2D eigenvalue weighted by atomic mass is 9.93. The summed E-state index contributed by atoms with van der Waals surface area (Å²) in [6, 6.07) is 8.50. The Kier molecular flexibility index (Phi) is 5.26. The van der Waals surface area contributed by atoms with E-state index in [-0.39, 0.29) is 11.9 Å². The molecule has 0 aliphatic rings. The summed E-state index contributed by atoms with van der Waals surface area (Å²) in [5.41, 5.74) is 3.63. The maximum absolute atomic E-state index is 14.3. The average molecular weight is 326 g/mol. The molecule has 21 heavy (non-hydrogen) atoms. The first-order chi connectivity index (χ1) is 9.93. The second-order valence-electron chi connectivity index (χ2n) is 5.11. The van der Waals surface area contributed by atoms with Gasteiger partial charge in [0.1, 0.15) is 5.82 Å². The molecule has 0 heterocycles. The van der Waals surface area contributed by atoms with Crippen LogP contribution in [0.25, 0.3) is 0 Å². The van der Waals surface area contributed by atoms with Gasteiger partial charge < -0.3 is 5.32 Å². The summed E-state index contributed by atoms with van der Waals surface area (Å²) in [7, 11) is 0. The minimum absolute atomic E-state index is 0.219. The Morgan fingerprint density at radius 3 is 2.38 bits per heavy atom. The topological polar surface area (TPSA) is 12.0 Å². The Labute approximate surface area is 135 Å². The second-order valence-corrected chi connectivity index (χ2v) is 5.96. The Hall–Kier alpha value is -1.09. The van der Waals surface area contributed by atoms with Crippen LogP contribution in [-0.2, 0) is 0 Å². The van der Waals surface area contributed by atoms with Gasteiger partial charge in [0.15, 0.2) is 0 Å². The SMILES string of the molecule is CCNC(c1cc(C)c(Cl)cc1C)c1ccc(Cl)cc1F. The van der Waals surface area contributed by atoms with Gasteiger partial charge in [-0.05, 0) is 55.3 Å². The summed E-state index contributed by atoms with van der Waals surface area (Å²) in [4.78, 5) is 0. The van der Waals surface area contributed by atoms with Crippen LogP contribution in [0.15, 0.2) is 30.3 Å². The minimum Gasteiger partial charge on any atom is -0.306 e. The van der Waals surface area contributed by atoms with E-state index in [0.29, 0.717) is 10.6 Å². The van der Waals surface area contributed by atoms with E-state index >= 15 is 0 Å². The fourth-order valence-corrected chi connectivity index (χ4v) is 2.82. The van der Waals surface area contributed by atoms with Crippen LogP contribution >= 0.6 is 23.2 Å². The van der Waals surface area contributed by atoms with Crippen molar-refractivity contribution in [2.45, 2.75) is 26.8 Å². The van der Waals surface area contributed by atoms with Crippen LogP contribution in [0.1, 0.15) is 35.2 Å². The molecule has 0 aliphatic carbocycles. The van der Waals surface area contributed by atoms with Gasteiger partial charge in [-0.1, -0.05) is 42.3 Å². The molecule has 112 valence electrons. The summed E-state index contributed by atoms with van der Waals surface area (Å²) in [6.07, 6.45) is 0. The lowest BCUT2D eigenvalue weighted by molar-refractivity contribution is 0.558. The molecule has 0 radical (unpaired) electrons. The molecule has 2 rings (SSSR count). The number of hydrogen-bond acceptors (Lipinski definition) is 1. The lowest BCUT2D eigenvalue weighted by Crippen LogP contribution is -2.24. The zero-order valence-corrected chi connectivity index (χ0v) is 13.8. The van der Waals surface area contributed by atoms with Gasteiger partial charge >= 0.3 is 0 Å². The van der Waals surface area contributed by atoms with Crippen molar-refractivity contribution >= 4 is 23.2 Å². The molecule has 0 spiro atoms. The first-order valence-corrected chi connectivity index (χ1v) is 7.64. The molecule has 2 aromatic carbocycles. The van der Waals surface area contributed by atoms with Gasteiger partial charge in [0.25, 0.3) is 0 Å². The number of halogens is 3. The summed E-state index contributed by atoms with van der Waals surface area (Å²) < 4.78 is 14.3. The maximum atomic E-state index is 14.3. The van der Waals surface area contributed by atoms with Gasteiger partial charge in [0.05, 0.1) is 6.04 Å². The quantitative estimate of drug-likeness (QED) is 0.788. The Morgan fingerprint density at radius 2 is 1.76 bits per heavy atom. The van der Waals surface area contributed by atoms with Gasteiger partial charge in [0.2, 0.25) is 0 Å². The Balaban J connectivity index is 2.55. The molecule has 1 atom stereocenters. The first kappa shape index (κ1) is 16.3. The van der Waals surface area contributed by atoms with Gasteiger partial charge in [-0.3, -0.25) is 0 Å². The van der Waals surface area contributed by atoms with Crippen LogP contribution < -0.4 is 5.32 Å². The van der Waals surface area contributed by atoms with E-state index in [4.69, 9.17) is 23.2 Å². The van der Waals surface area contributed by atoms with Crippen LogP contribution in [0.3, 0.4) is 0 Å². The van der Waals surface area contributed by atoms with Gasteiger partial charge in [-0.15, -0.1) is 0 Å². The zero-order chi connectivity index (χ0) is 15.6. The molecule has 0 aromatic heterocycles. The van der Waals surface area contributed by atoms with Crippen LogP contribution in [0.2, 0.25) is 10.0 Å². The molecule has 0 amide bonds. The standard InChI is InChI=1S/C17H18Cl2FN/c1-4-21-17(13-6-5-12(18)9-16(13)20)14-7-11(3)15(19)8-10(14)2/h5-9,17,21H,4H2,1-3H3. The monoisotopic (exact) mass is 325 g/mol. The summed E-state index contributed by atoms with van der Waals surface area (Å²) in [6.45, 7) is 6.66. The molecule has 0 bridgehead atoms. The zero-order valence-electron chi connectivity index (χ0n) is 12.3. The normalized spacial score (nSPS) is 12.5. The van der Waals surface area contributed by atoms with Crippen molar-refractivity contribution in [2.75, 3.05) is 6.54 Å². The number of aryl methyl sites for hydroxylation is 2. The molecule has 0 aliphatic heterocycles. The van der Waals surface area contributed by atoms with Crippen LogP contribution in [0, 0.1) is 19.7 Å². The van der Waals surface area contributed by atoms with E-state index in [1.807, 2.05) is 32.9 Å². The first-order valence-electron chi connectivity index (χ1n) is 6.89. The summed E-state index contributed by atoms with van der Waals surface area (Å²) >= 11 is 12.0. The van der Waals surface area contributed by atoms with Crippen molar-refractivity contribution in [1.82, 2.24) is 5.32 Å². The predicted molar refractivity (Wildman–Crippen MR) is 87.9 cm³/mol. The van der Waals surface area contributed by atoms with E-state index in [0.717, 1.165) is 28.3 Å². The van der Waals surface area contributed by atoms with E-state index in [2.05, 4.69) is 5.32 Å². The summed E-state index contributed by atoms with van der Waals surface area (Å²) in [5.74, 6) is -0.305. The highest BCUT2D eigenvalue weighted by Crippen LogP contribution is 2.31. The lowest BCUT2D eigenvalue weighted by Gasteiger charge is -2.22. The molecular weight excluding hydrogens is 308 g/mol. The van der Waals surface area contributed by atoms with E-state index in [9.17, 15) is 4.39 Å². The minimum atomic E-state index is -0.305. The molecular formula is C17H18Cl2FN. The van der Waals surface area contributed by atoms with Crippen molar-refractivity contribution in [3.8, 4) is 0 Å². The van der Waals surface area contributed by atoms with Crippen molar-refractivity contribution in [1.29, 1.82) is 0 Å². The molecule has 2 aromatic rings. The van der Waals surface area contributed by atoms with E-state index in [1.165, 1.54) is 6.07 Å². The van der Waals surface area contributed by atoms with Crippen molar-refractivity contribution in [3.63, 3.8) is 0 Å². The largest absolute Gasteiger partial charge is 0.306 e. The highest BCUT2D eigenvalue weighted by molar-refractivity contribution is 6.31. The van der Waals surface area contributed by atoms with Gasteiger partial charge in [0, 0.05) is 15.6 Å². The average Bonchev–Trinajstić information content (AvgIpc) is 2.41. The molecule has 1 nitrogen and oxygen atoms in total. The number of hydrogen-bond donors (Lipinski definition) is 1. The maximum Gasteiger partial charge on any atom is 0.129 e. The molecule has 0 fully saturated rings. The Bertz CT molecular complexity index is 655. The predicted octanol–water partition coefficient (Wildman–Crippen LogP) is 5.45. The summed E-state index contributed by atoms with van der Waals surface area (Å²) in [5, 5.41) is 4.46. The third-order valence-electron chi connectivity index (χ3n) is 3.54. The van der Waals surface area contributed by atoms with Crippen molar-refractivity contribution in [3.05, 3.63) is 68.4 Å². The third kappa shape index (κ3) is 3.57. The van der Waals surface area contributed by atoms with Gasteiger partial charge in [-0.2, -0.15) is 0 Å². The molecule has 1 unspecified atom stereocenters. The Morgan fingerprint density at radius 1 is 1.05 bits per heavy atom. The van der Waals surface area contributed by atoms with E-state index < -0.39 is 0 Å². The highest BCUT2D eigenvalue weighted by atomic mass is 35.5. The van der Waals surface area contributed by atoms with Crippen molar-refractivity contribution < 1.29 is 4.39 Å². The molecule has 1 N–H and O–H groups in total. The number of benzene rings is 2. The number of rotatable bonds is 4. The fourth-order valence-electron chi connectivity index (χ4n) is 2.44. The highest BCUT2D eigenvalue weighted by Gasteiger charge is 2.19. The van der Waals surface area contributed by atoms with Crippen LogP contribution in [-0.4, -0.2) is 6.54 Å². The smallest absolute Gasteiger partial charge is 0.129 e. The van der Waals surface area contributed by atoms with Gasteiger partial charge in [-0.25, -0.2) is 4.39 Å². The molecule has 0 saturated carbocycles. The molecule has 0 saturated heterocycles. The number of nitrogens with one attached hydrogen (secondary N) is 1. The van der Waals surface area contributed by atoms with Crippen molar-refractivity contribution in [2.24, 2.45) is 0 Å². The third-order valence-corrected chi connectivity index (χ3v) is 4.18. The molecule has 4 heteroatoms. The second kappa shape index (κ2) is 6.78. The van der Waals surface area contributed by atoms with E-state index in [1.54, 1.807) is 12.1 Å². The van der Waals surface area contributed by atoms with Crippen LogP contribution in [0.5, 0.6) is 0 Å². The van der Waals surface area contributed by atoms with Crippen LogP contribution in [0.4, 0.5) is 4.39 Å². The fraction of sp³-hybridized carbons (Fsp3) is 0.294.